The van der Waals surface area contributed by atoms with Crippen LogP contribution in [0.15, 0.2) is 0 Å². The van der Waals surface area contributed by atoms with Crippen molar-refractivity contribution in [3.8, 4) is 0 Å². The molecule has 2 aliphatic heterocycles. The lowest BCUT2D eigenvalue weighted by Crippen LogP contribution is -2.22. The van der Waals surface area contributed by atoms with Crippen LogP contribution in [0.5, 0.6) is 0 Å². The van der Waals surface area contributed by atoms with E-state index < -0.39 is 10.2 Å². The molecule has 11 heavy (non-hydrogen) atoms. The van der Waals surface area contributed by atoms with E-state index in [1.807, 2.05) is 13.8 Å². The van der Waals surface area contributed by atoms with Crippen molar-refractivity contribution in [2.45, 2.75) is 25.9 Å². The van der Waals surface area contributed by atoms with Gasteiger partial charge in [-0.3, -0.25) is 0 Å². The second kappa shape index (κ2) is 1.97. The predicted octanol–water partition coefficient (Wildman–Crippen LogP) is -0.361. The Labute approximate surface area is 67.0 Å². The molecule has 5 heteroatoms. The van der Waals surface area contributed by atoms with Crippen molar-refractivity contribution in [1.82, 2.24) is 8.61 Å². The summed E-state index contributed by atoms with van der Waals surface area (Å²) in [7, 11) is -3.02. The molecule has 0 amide bonds. The molecule has 0 N–H and O–H groups in total. The Morgan fingerprint density at radius 2 is 1.36 bits per heavy atom. The van der Waals surface area contributed by atoms with Crippen molar-refractivity contribution in [3.05, 3.63) is 0 Å². The Morgan fingerprint density at radius 3 is 1.55 bits per heavy atom. The first kappa shape index (κ1) is 7.52. The Balaban J connectivity index is 2.11. The van der Waals surface area contributed by atoms with E-state index in [0.717, 1.165) is 0 Å². The Morgan fingerprint density at radius 1 is 1.09 bits per heavy atom. The van der Waals surface area contributed by atoms with Crippen LogP contribution >= 0.6 is 0 Å². The van der Waals surface area contributed by atoms with Gasteiger partial charge in [0, 0.05) is 25.2 Å². The van der Waals surface area contributed by atoms with E-state index in [2.05, 4.69) is 0 Å². The Kier molecular flexibility index (Phi) is 1.34. The molecule has 4 atom stereocenters. The number of hydrogen-bond acceptors (Lipinski definition) is 2. The van der Waals surface area contributed by atoms with Crippen LogP contribution in [-0.2, 0) is 10.2 Å². The molecule has 0 aromatic rings. The van der Waals surface area contributed by atoms with Crippen molar-refractivity contribution in [3.63, 3.8) is 0 Å². The van der Waals surface area contributed by atoms with Gasteiger partial charge in [-0.25, -0.2) is 0 Å². The zero-order valence-corrected chi connectivity index (χ0v) is 7.50. The molecular weight excluding hydrogens is 164 g/mol. The van der Waals surface area contributed by atoms with Crippen LogP contribution in [0.1, 0.15) is 13.8 Å². The highest BCUT2D eigenvalue weighted by Crippen LogP contribution is 2.31. The first-order valence-corrected chi connectivity index (χ1v) is 5.22. The summed E-state index contributed by atoms with van der Waals surface area (Å²) >= 11 is 0. The molecule has 0 aromatic heterocycles. The number of rotatable bonds is 2. The molecule has 2 rings (SSSR count). The van der Waals surface area contributed by atoms with E-state index in [1.54, 1.807) is 0 Å². The summed E-state index contributed by atoms with van der Waals surface area (Å²) in [6, 6.07) is 0.459. The maximum atomic E-state index is 11.4. The summed E-state index contributed by atoms with van der Waals surface area (Å²) in [5.41, 5.74) is 0. The molecule has 0 spiro atoms. The fourth-order valence-electron chi connectivity index (χ4n) is 1.20. The van der Waals surface area contributed by atoms with Gasteiger partial charge in [-0.05, 0) is 13.8 Å². The quantitative estimate of drug-likeness (QED) is 0.539. The van der Waals surface area contributed by atoms with Gasteiger partial charge < -0.3 is 0 Å². The highest BCUT2D eigenvalue weighted by molar-refractivity contribution is 7.87. The highest BCUT2D eigenvalue weighted by atomic mass is 32.2. The monoisotopic (exact) mass is 176 g/mol. The van der Waals surface area contributed by atoms with Gasteiger partial charge >= 0.3 is 0 Å². The summed E-state index contributed by atoms with van der Waals surface area (Å²) < 4.78 is 25.9. The molecule has 2 saturated heterocycles. The molecule has 64 valence electrons. The standard InChI is InChI=1S/C6H12N2O2S/c1-5-3-7(5)11(9,10)8-4-6(8)2/h5-6H,3-4H2,1-2H3. The summed E-state index contributed by atoms with van der Waals surface area (Å²) in [6.45, 7) is 5.24. The molecule has 4 unspecified atom stereocenters. The van der Waals surface area contributed by atoms with Gasteiger partial charge in [0.1, 0.15) is 0 Å². The molecule has 0 saturated carbocycles. The normalized spacial score (nSPS) is 48.9. The predicted molar refractivity (Wildman–Crippen MR) is 41.3 cm³/mol. The fourth-order valence-corrected chi connectivity index (χ4v) is 3.19. The number of hydrogen-bond donors (Lipinski definition) is 0. The minimum Gasteiger partial charge on any atom is -0.195 e. The molecule has 0 bridgehead atoms. The molecule has 2 fully saturated rings. The molecule has 0 aliphatic carbocycles. The van der Waals surface area contributed by atoms with Crippen LogP contribution in [0.25, 0.3) is 0 Å². The topological polar surface area (TPSA) is 40.2 Å². The van der Waals surface area contributed by atoms with E-state index in [-0.39, 0.29) is 12.1 Å². The van der Waals surface area contributed by atoms with Crippen molar-refractivity contribution < 1.29 is 8.42 Å². The first-order valence-electron chi connectivity index (χ1n) is 3.82. The van der Waals surface area contributed by atoms with Crippen molar-refractivity contribution in [2.24, 2.45) is 0 Å². The highest BCUT2D eigenvalue weighted by Gasteiger charge is 2.50. The molecular formula is C6H12N2O2S. The van der Waals surface area contributed by atoms with Gasteiger partial charge in [0.25, 0.3) is 10.2 Å². The lowest BCUT2D eigenvalue weighted by Gasteiger charge is -2.04. The molecule has 0 aromatic carbocycles. The van der Waals surface area contributed by atoms with Gasteiger partial charge in [0.15, 0.2) is 0 Å². The van der Waals surface area contributed by atoms with Crippen LogP contribution in [0.2, 0.25) is 0 Å². The van der Waals surface area contributed by atoms with Gasteiger partial charge in [0.2, 0.25) is 0 Å². The second-order valence-corrected chi connectivity index (χ2v) is 5.18. The lowest BCUT2D eigenvalue weighted by molar-refractivity contribution is 0.512. The van der Waals surface area contributed by atoms with Crippen LogP contribution in [0, 0.1) is 0 Å². The van der Waals surface area contributed by atoms with Gasteiger partial charge in [0.05, 0.1) is 0 Å². The zero-order chi connectivity index (χ0) is 8.22. The lowest BCUT2D eigenvalue weighted by atomic mass is 10.6. The summed E-state index contributed by atoms with van der Waals surface area (Å²) in [5, 5.41) is 0. The third-order valence-electron chi connectivity index (χ3n) is 2.20. The van der Waals surface area contributed by atoms with E-state index in [4.69, 9.17) is 0 Å². The van der Waals surface area contributed by atoms with E-state index in [1.165, 1.54) is 8.61 Å². The Bertz CT molecular complexity index is 252. The SMILES string of the molecule is CC1CN1S(=O)(=O)N1CC1C. The third kappa shape index (κ3) is 1.07. The van der Waals surface area contributed by atoms with E-state index in [9.17, 15) is 8.42 Å². The van der Waals surface area contributed by atoms with Crippen LogP contribution in [-0.4, -0.2) is 42.2 Å². The van der Waals surface area contributed by atoms with Gasteiger partial charge in [-0.1, -0.05) is 0 Å². The van der Waals surface area contributed by atoms with E-state index in [0.29, 0.717) is 13.1 Å². The summed E-state index contributed by atoms with van der Waals surface area (Å²) in [6.07, 6.45) is 0. The number of nitrogens with zero attached hydrogens (tertiary/aromatic N) is 2. The fraction of sp³-hybridized carbons (Fsp3) is 1.00. The smallest absolute Gasteiger partial charge is 0.195 e. The maximum absolute atomic E-state index is 11.4. The molecule has 2 heterocycles. The average molecular weight is 176 g/mol. The summed E-state index contributed by atoms with van der Waals surface area (Å²) in [5.74, 6) is 0. The van der Waals surface area contributed by atoms with E-state index >= 15 is 0 Å². The Hall–Kier alpha value is -0.130. The van der Waals surface area contributed by atoms with Crippen LogP contribution in [0.3, 0.4) is 0 Å². The van der Waals surface area contributed by atoms with Crippen LogP contribution < -0.4 is 0 Å². The van der Waals surface area contributed by atoms with Gasteiger partial charge in [-0.15, -0.1) is 0 Å². The molecule has 2 aliphatic rings. The van der Waals surface area contributed by atoms with Crippen LogP contribution in [0.4, 0.5) is 0 Å². The first-order chi connectivity index (χ1) is 5.03. The minimum absolute atomic E-state index is 0.229. The molecule has 4 nitrogen and oxygen atoms in total. The largest absolute Gasteiger partial charge is 0.282 e. The maximum Gasteiger partial charge on any atom is 0.282 e. The molecule has 0 radical (unpaired) electrons. The second-order valence-electron chi connectivity index (χ2n) is 3.35. The van der Waals surface area contributed by atoms with Crippen molar-refractivity contribution in [1.29, 1.82) is 0 Å². The van der Waals surface area contributed by atoms with Crippen molar-refractivity contribution >= 4 is 10.2 Å². The van der Waals surface area contributed by atoms with Crippen molar-refractivity contribution in [2.75, 3.05) is 13.1 Å². The zero-order valence-electron chi connectivity index (χ0n) is 6.69. The van der Waals surface area contributed by atoms with Gasteiger partial charge in [-0.2, -0.15) is 17.0 Å². The minimum atomic E-state index is -3.02. The third-order valence-corrected chi connectivity index (χ3v) is 4.40. The summed E-state index contributed by atoms with van der Waals surface area (Å²) in [4.78, 5) is 0. The average Bonchev–Trinajstić information content (AvgIpc) is 2.69.